The molecule has 0 heterocycles. The minimum atomic E-state index is 1.04. The molecule has 0 atom stereocenters. The maximum absolute atomic E-state index is 2.30. The fourth-order valence-corrected chi connectivity index (χ4v) is 2.12. The molecule has 88 valence electrons. The molecule has 0 saturated heterocycles. The van der Waals surface area contributed by atoms with Gasteiger partial charge in [-0.15, -0.1) is 0 Å². The molecule has 0 heteroatoms. The highest BCUT2D eigenvalue weighted by molar-refractivity contribution is 5.37. The first-order valence-electron chi connectivity index (χ1n) is 6.18. The minimum absolute atomic E-state index is 1.04. The van der Waals surface area contributed by atoms with Crippen molar-refractivity contribution in [1.29, 1.82) is 0 Å². The summed E-state index contributed by atoms with van der Waals surface area (Å²) in [5.41, 5.74) is 8.32. The van der Waals surface area contributed by atoms with Gasteiger partial charge in [0.15, 0.2) is 0 Å². The zero-order chi connectivity index (χ0) is 12.4. The molecule has 0 aliphatic heterocycles. The Hall–Kier alpha value is -1.56. The molecule has 0 spiro atoms. The van der Waals surface area contributed by atoms with Crippen LogP contribution in [0, 0.1) is 27.7 Å². The van der Waals surface area contributed by atoms with Crippen LogP contribution in [0.2, 0.25) is 0 Å². The molecule has 0 fully saturated rings. The number of benzene rings is 2. The normalized spacial score (nSPS) is 10.6. The Morgan fingerprint density at radius 1 is 0.706 bits per heavy atom. The van der Waals surface area contributed by atoms with Crippen molar-refractivity contribution in [3.05, 3.63) is 69.8 Å². The Morgan fingerprint density at radius 2 is 1.41 bits per heavy atom. The third kappa shape index (κ3) is 2.76. The molecule has 0 N–H and O–H groups in total. The van der Waals surface area contributed by atoms with Gasteiger partial charge in [-0.3, -0.25) is 0 Å². The molecule has 0 amide bonds. The summed E-state index contributed by atoms with van der Waals surface area (Å²) in [5.74, 6) is 0. The van der Waals surface area contributed by atoms with Gasteiger partial charge >= 0.3 is 0 Å². The van der Waals surface area contributed by atoms with E-state index in [0.29, 0.717) is 0 Å². The van der Waals surface area contributed by atoms with Crippen LogP contribution in [0.15, 0.2) is 36.4 Å². The van der Waals surface area contributed by atoms with Crippen LogP contribution in [0.25, 0.3) is 0 Å². The molecule has 0 aliphatic carbocycles. The van der Waals surface area contributed by atoms with Gasteiger partial charge in [-0.2, -0.15) is 0 Å². The first-order valence-corrected chi connectivity index (χ1v) is 6.18. The maximum Gasteiger partial charge on any atom is -0.00229 e. The van der Waals surface area contributed by atoms with E-state index in [1.807, 2.05) is 0 Å². The van der Waals surface area contributed by atoms with Crippen molar-refractivity contribution >= 4 is 0 Å². The highest BCUT2D eigenvalue weighted by Gasteiger charge is 2.02. The standard InChI is InChI=1S/C17H20/c1-12-5-6-14(3)17(9-12)11-16-8-7-13(2)15(4)10-16/h5-10H,11H2,1-4H3. The highest BCUT2D eigenvalue weighted by atomic mass is 14.1. The van der Waals surface area contributed by atoms with Gasteiger partial charge in [0, 0.05) is 0 Å². The lowest BCUT2D eigenvalue weighted by molar-refractivity contribution is 1.13. The lowest BCUT2D eigenvalue weighted by Crippen LogP contribution is -1.94. The van der Waals surface area contributed by atoms with Crippen LogP contribution in [-0.2, 0) is 6.42 Å². The molecule has 0 radical (unpaired) electrons. The van der Waals surface area contributed by atoms with Crippen molar-refractivity contribution < 1.29 is 0 Å². The van der Waals surface area contributed by atoms with Gasteiger partial charge in [0.25, 0.3) is 0 Å². The van der Waals surface area contributed by atoms with Gasteiger partial charge in [-0.25, -0.2) is 0 Å². The molecule has 17 heavy (non-hydrogen) atoms. The van der Waals surface area contributed by atoms with E-state index in [9.17, 15) is 0 Å². The Morgan fingerprint density at radius 3 is 2.12 bits per heavy atom. The molecule has 0 saturated carbocycles. The molecule has 2 aromatic rings. The molecular formula is C17H20. The maximum atomic E-state index is 2.30. The van der Waals surface area contributed by atoms with Crippen molar-refractivity contribution in [2.24, 2.45) is 0 Å². The van der Waals surface area contributed by atoms with Crippen LogP contribution in [0.3, 0.4) is 0 Å². The van der Waals surface area contributed by atoms with E-state index in [4.69, 9.17) is 0 Å². The molecule has 0 bridgehead atoms. The summed E-state index contributed by atoms with van der Waals surface area (Å²) in [6.07, 6.45) is 1.04. The molecule has 0 aromatic heterocycles. The second-order valence-electron chi connectivity index (χ2n) is 5.03. The fraction of sp³-hybridized carbons (Fsp3) is 0.294. The van der Waals surface area contributed by atoms with Gasteiger partial charge < -0.3 is 0 Å². The lowest BCUT2D eigenvalue weighted by Gasteiger charge is -2.09. The SMILES string of the molecule is Cc1ccc(C)c(Cc2ccc(C)c(C)c2)c1. The van der Waals surface area contributed by atoms with Crippen LogP contribution in [0.5, 0.6) is 0 Å². The van der Waals surface area contributed by atoms with Crippen molar-refractivity contribution in [2.75, 3.05) is 0 Å². The van der Waals surface area contributed by atoms with Crippen LogP contribution in [-0.4, -0.2) is 0 Å². The van der Waals surface area contributed by atoms with E-state index in [0.717, 1.165) is 6.42 Å². The third-order valence-electron chi connectivity index (χ3n) is 3.47. The van der Waals surface area contributed by atoms with Crippen molar-refractivity contribution in [1.82, 2.24) is 0 Å². The van der Waals surface area contributed by atoms with Crippen LogP contribution >= 0.6 is 0 Å². The van der Waals surface area contributed by atoms with Crippen molar-refractivity contribution in [2.45, 2.75) is 34.1 Å². The first-order chi connectivity index (χ1) is 8.06. The third-order valence-corrected chi connectivity index (χ3v) is 3.47. The number of rotatable bonds is 2. The lowest BCUT2D eigenvalue weighted by atomic mass is 9.96. The molecule has 0 nitrogen and oxygen atoms in total. The monoisotopic (exact) mass is 224 g/mol. The fourth-order valence-electron chi connectivity index (χ4n) is 2.12. The Balaban J connectivity index is 2.31. The van der Waals surface area contributed by atoms with Gasteiger partial charge in [0.2, 0.25) is 0 Å². The smallest absolute Gasteiger partial charge is 0.00229 e. The van der Waals surface area contributed by atoms with E-state index in [1.54, 1.807) is 0 Å². The topological polar surface area (TPSA) is 0 Å². The second-order valence-corrected chi connectivity index (χ2v) is 5.03. The highest BCUT2D eigenvalue weighted by Crippen LogP contribution is 2.17. The molecule has 2 rings (SSSR count). The summed E-state index contributed by atoms with van der Waals surface area (Å²) in [5, 5.41) is 0. The molecular weight excluding hydrogens is 204 g/mol. The van der Waals surface area contributed by atoms with E-state index in [1.165, 1.54) is 33.4 Å². The van der Waals surface area contributed by atoms with Gasteiger partial charge in [-0.05, 0) is 61.9 Å². The molecule has 0 aliphatic rings. The summed E-state index contributed by atoms with van der Waals surface area (Å²) in [4.78, 5) is 0. The van der Waals surface area contributed by atoms with Crippen molar-refractivity contribution in [3.8, 4) is 0 Å². The summed E-state index contributed by atoms with van der Waals surface area (Å²) in [7, 11) is 0. The minimum Gasteiger partial charge on any atom is -0.0590 e. The Kier molecular flexibility index (Phi) is 3.33. The van der Waals surface area contributed by atoms with E-state index >= 15 is 0 Å². The van der Waals surface area contributed by atoms with Crippen LogP contribution < -0.4 is 0 Å². The summed E-state index contributed by atoms with van der Waals surface area (Å²) in [6, 6.07) is 13.5. The molecule has 0 unspecified atom stereocenters. The number of hydrogen-bond donors (Lipinski definition) is 0. The quantitative estimate of drug-likeness (QED) is 0.704. The second kappa shape index (κ2) is 4.75. The summed E-state index contributed by atoms with van der Waals surface area (Å²) >= 11 is 0. The predicted molar refractivity (Wildman–Crippen MR) is 74.6 cm³/mol. The average molecular weight is 224 g/mol. The Labute approximate surface area is 104 Å². The first kappa shape index (κ1) is 11.9. The van der Waals surface area contributed by atoms with Crippen molar-refractivity contribution in [3.63, 3.8) is 0 Å². The van der Waals surface area contributed by atoms with E-state index < -0.39 is 0 Å². The predicted octanol–water partition coefficient (Wildman–Crippen LogP) is 4.51. The van der Waals surface area contributed by atoms with Gasteiger partial charge in [-0.1, -0.05) is 42.0 Å². The Bertz CT molecular complexity index is 536. The van der Waals surface area contributed by atoms with E-state index in [2.05, 4.69) is 64.1 Å². The van der Waals surface area contributed by atoms with Crippen LogP contribution in [0.4, 0.5) is 0 Å². The summed E-state index contributed by atoms with van der Waals surface area (Å²) < 4.78 is 0. The zero-order valence-electron chi connectivity index (χ0n) is 11.2. The van der Waals surface area contributed by atoms with Crippen LogP contribution in [0.1, 0.15) is 33.4 Å². The van der Waals surface area contributed by atoms with Gasteiger partial charge in [0.05, 0.1) is 0 Å². The van der Waals surface area contributed by atoms with Gasteiger partial charge in [0.1, 0.15) is 0 Å². The number of aryl methyl sites for hydroxylation is 4. The van der Waals surface area contributed by atoms with E-state index in [-0.39, 0.29) is 0 Å². The number of hydrogen-bond acceptors (Lipinski definition) is 0. The zero-order valence-corrected chi connectivity index (χ0v) is 11.2. The average Bonchev–Trinajstić information content (AvgIpc) is 2.29. The molecule has 2 aromatic carbocycles. The largest absolute Gasteiger partial charge is 0.0590 e. The summed E-state index contributed by atoms with van der Waals surface area (Å²) in [6.45, 7) is 8.69.